The Balaban J connectivity index is 0.000000286. The summed E-state index contributed by atoms with van der Waals surface area (Å²) in [6, 6.07) is 34.8. The van der Waals surface area contributed by atoms with Crippen molar-refractivity contribution in [2.24, 2.45) is 63.1 Å². The predicted octanol–water partition coefficient (Wildman–Crippen LogP) is 12.5. The fourth-order valence-electron chi connectivity index (χ4n) is 19.4. The first-order valence-corrected chi connectivity index (χ1v) is 41.3. The van der Waals surface area contributed by atoms with E-state index in [0.29, 0.717) is 29.6 Å². The van der Waals surface area contributed by atoms with Crippen molar-refractivity contribution < 1.29 is 126 Å². The van der Waals surface area contributed by atoms with Crippen molar-refractivity contribution in [1.29, 1.82) is 0 Å². The molecular weight excluding hydrogens is 1530 g/mol. The molecule has 4 saturated carbocycles. The molecule has 0 bridgehead atoms. The van der Waals surface area contributed by atoms with Crippen LogP contribution in [0, 0.1) is 63.1 Å². The molecule has 0 amide bonds. The number of carbonyl (C=O) groups is 9. The van der Waals surface area contributed by atoms with Crippen LogP contribution < -0.4 is 0 Å². The molecule has 2 saturated heterocycles. The predicted molar refractivity (Wildman–Crippen MR) is 434 cm³/mol. The molecule has 4 aromatic carbocycles. The Morgan fingerprint density at radius 3 is 1.37 bits per heavy atom. The SMILES string of the molecule is CC(=O)O[C@@]12CO[C@@H]1C[C@H](O)[C@@]1(C)C(=O)[C@H](O)/C(=C(\C)[C@H](C)OC(=O)C(O)[C@@H](C)CC(C)C)C(C)(C)[C@](C)(O)[C@@H](OC(=O)c3ccccc3)[C@H]21.CC(=O)O[C@@]12CO[C@@H]1C[C@H](OC(=O)OCc1ccccc1)[C@@]1(C)C(=O)[C@H](C)/C(=C(\C)[C@H](C)OC(=O)C(OCOCc3ccccc3)[C@@H](C)CC(C)C)C(C)(C)[C@](C)(O)[C@@H](OC(=O)c3ccccc3)[C@H]21. The maximum atomic E-state index is 16.0. The van der Waals surface area contributed by atoms with E-state index in [9.17, 15) is 63.9 Å². The Bertz CT molecular complexity index is 4340. The van der Waals surface area contributed by atoms with E-state index in [1.807, 2.05) is 57.2 Å². The largest absolute Gasteiger partial charge is 0.508 e. The molecule has 0 radical (unpaired) electrons. The van der Waals surface area contributed by atoms with Gasteiger partial charge in [-0.1, -0.05) is 173 Å². The van der Waals surface area contributed by atoms with E-state index in [0.717, 1.165) is 5.56 Å². The van der Waals surface area contributed by atoms with Gasteiger partial charge in [-0.15, -0.1) is 0 Å². The fraction of sp³-hybridized carbons (Fsp3) is 0.602. The zero-order chi connectivity index (χ0) is 88.2. The molecule has 119 heavy (non-hydrogen) atoms. The van der Waals surface area contributed by atoms with Gasteiger partial charge in [0.05, 0.1) is 59.7 Å². The van der Waals surface area contributed by atoms with Crippen molar-refractivity contribution in [3.8, 4) is 0 Å². The van der Waals surface area contributed by atoms with Crippen LogP contribution in [0.3, 0.4) is 0 Å². The summed E-state index contributed by atoms with van der Waals surface area (Å²) in [6.07, 6.45) is -14.5. The lowest BCUT2D eigenvalue weighted by Crippen LogP contribution is -2.81. The highest BCUT2D eigenvalue weighted by Crippen LogP contribution is 2.65. The number of hydrogen-bond acceptors (Lipinski definition) is 26. The summed E-state index contributed by atoms with van der Waals surface area (Å²) in [5.74, 6) is -9.93. The molecule has 4 aromatic rings. The summed E-state index contributed by atoms with van der Waals surface area (Å²) in [7, 11) is 0. The third-order valence-electron chi connectivity index (χ3n) is 26.6. The van der Waals surface area contributed by atoms with E-state index in [-0.39, 0.29) is 86.1 Å². The van der Waals surface area contributed by atoms with Gasteiger partial charge in [-0.2, -0.15) is 0 Å². The normalized spacial score (nSPS) is 32.2. The van der Waals surface area contributed by atoms with Crippen molar-refractivity contribution in [1.82, 2.24) is 0 Å². The minimum atomic E-state index is -2.15. The molecule has 5 N–H and O–H groups in total. The van der Waals surface area contributed by atoms with E-state index < -0.39 is 188 Å². The number of ketones is 2. The maximum Gasteiger partial charge on any atom is 0.508 e. The van der Waals surface area contributed by atoms with Gasteiger partial charge in [0, 0.05) is 43.4 Å². The molecule has 2 unspecified atom stereocenters. The molecule has 26 nitrogen and oxygen atoms in total. The van der Waals surface area contributed by atoms with E-state index in [1.54, 1.807) is 142 Å². The summed E-state index contributed by atoms with van der Waals surface area (Å²) in [4.78, 5) is 126. The number of esters is 6. The van der Waals surface area contributed by atoms with Crippen LogP contribution in [0.1, 0.15) is 203 Å². The topological polar surface area (TPSA) is 366 Å². The lowest BCUT2D eigenvalue weighted by Gasteiger charge is -2.66. The number of rotatable bonds is 26. The quantitative estimate of drug-likeness (QED) is 0.0128. The first-order valence-electron chi connectivity index (χ1n) is 41.3. The van der Waals surface area contributed by atoms with E-state index in [4.69, 9.17) is 56.8 Å². The van der Waals surface area contributed by atoms with Gasteiger partial charge < -0.3 is 82.4 Å². The summed E-state index contributed by atoms with van der Waals surface area (Å²) in [5, 5.41) is 61.0. The Labute approximate surface area is 698 Å². The number of aliphatic hydroxyl groups is 5. The molecule has 0 aromatic heterocycles. The van der Waals surface area contributed by atoms with Gasteiger partial charge >= 0.3 is 42.0 Å². The smallest absolute Gasteiger partial charge is 0.456 e. The Morgan fingerprint density at radius 1 is 0.513 bits per heavy atom. The minimum Gasteiger partial charge on any atom is -0.456 e. The molecule has 22 atom stereocenters. The summed E-state index contributed by atoms with van der Waals surface area (Å²) in [5.41, 5.74) is -11.4. The second-order valence-electron chi connectivity index (χ2n) is 36.2. The summed E-state index contributed by atoms with van der Waals surface area (Å²) >= 11 is 0. The Hall–Kier alpha value is -8.57. The molecule has 26 heteroatoms. The molecule has 652 valence electrons. The van der Waals surface area contributed by atoms with Gasteiger partial charge in [-0.25, -0.2) is 24.0 Å². The first kappa shape index (κ1) is 94.3. The average molecular weight is 1660 g/mol. The minimum absolute atomic E-state index is 0.0151. The molecule has 2 aliphatic heterocycles. The summed E-state index contributed by atoms with van der Waals surface area (Å²) in [6.45, 7) is 34.4. The van der Waals surface area contributed by atoms with E-state index in [1.165, 1.54) is 53.7 Å². The fourth-order valence-corrected chi connectivity index (χ4v) is 19.4. The van der Waals surface area contributed by atoms with Crippen LogP contribution in [0.5, 0.6) is 0 Å². The van der Waals surface area contributed by atoms with Gasteiger partial charge in [0.15, 0.2) is 29.2 Å². The van der Waals surface area contributed by atoms with Crippen LogP contribution in [0.25, 0.3) is 0 Å². The van der Waals surface area contributed by atoms with Crippen LogP contribution in [-0.4, -0.2) is 189 Å². The van der Waals surface area contributed by atoms with Gasteiger partial charge in [-0.05, 0) is 150 Å². The molecule has 10 rings (SSSR count). The zero-order valence-corrected chi connectivity index (χ0v) is 72.6. The number of benzene rings is 4. The Kier molecular flexibility index (Phi) is 29.6. The third-order valence-corrected chi connectivity index (χ3v) is 26.6. The second-order valence-corrected chi connectivity index (χ2v) is 36.2. The summed E-state index contributed by atoms with van der Waals surface area (Å²) < 4.78 is 72.4. The van der Waals surface area contributed by atoms with Gasteiger partial charge in [-0.3, -0.25) is 19.2 Å². The second kappa shape index (κ2) is 37.4. The van der Waals surface area contributed by atoms with Crippen LogP contribution in [0.15, 0.2) is 144 Å². The van der Waals surface area contributed by atoms with E-state index in [2.05, 4.69) is 13.8 Å². The Morgan fingerprint density at radius 2 is 0.924 bits per heavy atom. The third kappa shape index (κ3) is 18.8. The number of fused-ring (bicyclic) bond motifs is 6. The van der Waals surface area contributed by atoms with Gasteiger partial charge in [0.25, 0.3) is 0 Å². The highest BCUT2D eigenvalue weighted by Gasteiger charge is 2.79. The number of ether oxygens (including phenoxy) is 12. The van der Waals surface area contributed by atoms with Crippen LogP contribution >= 0.6 is 0 Å². The van der Waals surface area contributed by atoms with E-state index >= 15 is 4.79 Å². The monoisotopic (exact) mass is 1660 g/mol. The van der Waals surface area contributed by atoms with Crippen molar-refractivity contribution in [2.75, 3.05) is 20.0 Å². The molecule has 4 aliphatic carbocycles. The van der Waals surface area contributed by atoms with Gasteiger partial charge in [0.2, 0.25) is 0 Å². The van der Waals surface area contributed by atoms with Crippen molar-refractivity contribution in [3.05, 3.63) is 166 Å². The highest BCUT2D eigenvalue weighted by molar-refractivity contribution is 5.95. The van der Waals surface area contributed by atoms with Crippen LogP contribution in [0.2, 0.25) is 0 Å². The number of aliphatic hydroxyl groups excluding tert-OH is 3. The maximum absolute atomic E-state index is 16.0. The van der Waals surface area contributed by atoms with Crippen LogP contribution in [0.4, 0.5) is 4.79 Å². The molecule has 0 spiro atoms. The lowest BCUT2D eigenvalue weighted by molar-refractivity contribution is -0.343. The standard InChI is InChI=1S/C55H70O14.C38H54O12/c1-33(2)27-34(3)45(65-32-62-29-39-21-15-12-16-22-39)50(59)66-37(6)35(4)44-36(5)47(57)53(10)42(67-51(60)63-30-40-23-17-13-18-24-40)28-43-55(31-64-43,69-38(7)56)46(53)48(54(11,61)52(44,8)9)68-49(58)41-25-19-14-20-26-41;1-19(2)16-20(3)28(41)34(45)48-22(5)21(4)27-29(42)31(43)36(9)25(40)17-26-38(18-47-26,50-23(6)39)30(36)32(37(10,46)35(27,7)8)49-33(44)24-14-12-11-13-15-24/h12-26,33-34,36-37,42-43,45-46,48,61H,27-32H2,1-11H3;11-15,19-20,22,25-26,28-30,32,40-42,46H,16-18H2,1-10H3/b44-35-;27-21-/t34-,36+,37-,42-,43+,45?,46-,48-,53+,54+,55-;20-,22-,25-,26+,28?,29+,30-,32-,36+,37+,38-/m00/s1. The zero-order valence-electron chi connectivity index (χ0n) is 72.6. The highest BCUT2D eigenvalue weighted by atomic mass is 16.7. The average Bonchev–Trinajstić information content (AvgIpc) is 0.680. The number of hydrogen-bond donors (Lipinski definition) is 5. The lowest BCUT2D eigenvalue weighted by atomic mass is 9.45. The molecule has 2 heterocycles. The van der Waals surface area contributed by atoms with Crippen molar-refractivity contribution >= 4 is 53.5 Å². The molecule has 6 fully saturated rings. The first-order chi connectivity index (χ1) is 55.6. The molecular formula is C93H124O26. The van der Waals surface area contributed by atoms with Crippen molar-refractivity contribution in [3.63, 3.8) is 0 Å². The van der Waals surface area contributed by atoms with Crippen molar-refractivity contribution in [2.45, 2.75) is 274 Å². The number of carbonyl (C=O) groups excluding carboxylic acids is 9. The van der Waals surface area contributed by atoms with Crippen LogP contribution in [-0.2, 0) is 98.8 Å². The number of Topliss-reactive ketones (excluding diaryl/α,β-unsaturated/α-hetero) is 2. The molecule has 6 aliphatic rings. The van der Waals surface area contributed by atoms with Gasteiger partial charge in [0.1, 0.15) is 79.2 Å².